The molecule has 0 aliphatic heterocycles. The fourth-order valence-electron chi connectivity index (χ4n) is 5.51. The van der Waals surface area contributed by atoms with Gasteiger partial charge in [-0.2, -0.15) is 0 Å². The Hall–Kier alpha value is -1.57. The van der Waals surface area contributed by atoms with Gasteiger partial charge in [-0.15, -0.1) is 0 Å². The van der Waals surface area contributed by atoms with Crippen molar-refractivity contribution in [2.75, 3.05) is 0 Å². The molecular formula is C32H55N2+. The van der Waals surface area contributed by atoms with Gasteiger partial charge in [0.15, 0.2) is 0 Å². The molecule has 2 heteroatoms. The van der Waals surface area contributed by atoms with Crippen molar-refractivity contribution in [3.05, 3.63) is 54.6 Å². The van der Waals surface area contributed by atoms with Crippen LogP contribution in [0.2, 0.25) is 0 Å². The molecule has 0 bridgehead atoms. The predicted molar refractivity (Wildman–Crippen MR) is 148 cm³/mol. The van der Waals surface area contributed by atoms with Gasteiger partial charge >= 0.3 is 0 Å². The lowest BCUT2D eigenvalue weighted by atomic mass is 9.84. The van der Waals surface area contributed by atoms with Crippen LogP contribution in [0.25, 0.3) is 0 Å². The highest BCUT2D eigenvalue weighted by Crippen LogP contribution is 2.29. The zero-order chi connectivity index (χ0) is 24.1. The topological polar surface area (TPSA) is 19.7 Å². The molecule has 0 aliphatic rings. The molecule has 2 unspecified atom stereocenters. The number of nitrogens with zero attached hydrogens (tertiary/aromatic N) is 1. The van der Waals surface area contributed by atoms with Crippen LogP contribution in [0.3, 0.4) is 0 Å². The van der Waals surface area contributed by atoms with Crippen molar-refractivity contribution in [3.63, 3.8) is 0 Å². The Bertz CT molecular complexity index is 664. The van der Waals surface area contributed by atoms with Crippen molar-refractivity contribution >= 4 is 0 Å². The number of aromatic amines is 1. The molecule has 0 amide bonds. The predicted octanol–water partition coefficient (Wildman–Crippen LogP) is 9.76. The number of hydrogen-bond donors (Lipinski definition) is 1. The number of H-pyrrole nitrogens is 1. The molecule has 0 fully saturated rings. The first kappa shape index (κ1) is 28.7. The van der Waals surface area contributed by atoms with Gasteiger partial charge in [-0.3, -0.25) is 4.98 Å². The lowest BCUT2D eigenvalue weighted by molar-refractivity contribution is -0.730. The van der Waals surface area contributed by atoms with Crippen LogP contribution in [-0.2, 0) is 6.42 Å². The number of aromatic nitrogens is 2. The van der Waals surface area contributed by atoms with Gasteiger partial charge in [0.25, 0.3) is 0 Å². The normalized spacial score (nSPS) is 13.2. The molecule has 192 valence electrons. The summed E-state index contributed by atoms with van der Waals surface area (Å²) in [4.78, 5) is 3.32. The second kappa shape index (κ2) is 19.7. The van der Waals surface area contributed by atoms with Gasteiger partial charge in [-0.05, 0) is 31.2 Å². The van der Waals surface area contributed by atoms with E-state index in [0.717, 1.165) is 0 Å². The molecule has 0 aliphatic carbocycles. The van der Waals surface area contributed by atoms with E-state index in [4.69, 9.17) is 0 Å². The van der Waals surface area contributed by atoms with Crippen molar-refractivity contribution in [1.29, 1.82) is 0 Å². The summed E-state index contributed by atoms with van der Waals surface area (Å²) in [7, 11) is 0. The minimum atomic E-state index is 0.608. The van der Waals surface area contributed by atoms with E-state index in [1.807, 2.05) is 0 Å². The van der Waals surface area contributed by atoms with Crippen LogP contribution in [-0.4, -0.2) is 4.98 Å². The maximum atomic E-state index is 3.32. The number of rotatable bonds is 22. The van der Waals surface area contributed by atoms with E-state index in [1.165, 1.54) is 128 Å². The molecule has 1 aromatic carbocycles. The summed E-state index contributed by atoms with van der Waals surface area (Å²) in [5.74, 6) is 0.716. The molecule has 1 N–H and O–H groups in total. The highest BCUT2D eigenvalue weighted by Gasteiger charge is 2.26. The van der Waals surface area contributed by atoms with Crippen LogP contribution < -0.4 is 4.57 Å². The van der Waals surface area contributed by atoms with Gasteiger partial charge in [0, 0.05) is 5.92 Å². The molecule has 1 heterocycles. The largest absolute Gasteiger partial charge is 0.250 e. The fourth-order valence-corrected chi connectivity index (χ4v) is 5.51. The van der Waals surface area contributed by atoms with Gasteiger partial charge < -0.3 is 0 Å². The van der Waals surface area contributed by atoms with Crippen molar-refractivity contribution in [2.45, 2.75) is 142 Å². The van der Waals surface area contributed by atoms with Crippen LogP contribution in [0.1, 0.15) is 141 Å². The standard InChI is InChI=1S/C32H54N2/c1-3-5-7-9-11-12-13-14-16-21-25-32(34-27-26-33-29-34)31(24-20-15-10-8-6-4-2)28-30-22-18-17-19-23-30/h17-19,22-23,26-27,29,31-32H,3-16,20-21,24-25,28H2,1-2H3/p+1. The molecule has 0 saturated heterocycles. The van der Waals surface area contributed by atoms with Gasteiger partial charge in [0.1, 0.15) is 18.4 Å². The first-order valence-corrected chi connectivity index (χ1v) is 14.9. The van der Waals surface area contributed by atoms with Gasteiger partial charge in [-0.25, -0.2) is 4.57 Å². The summed E-state index contributed by atoms with van der Waals surface area (Å²) < 4.78 is 2.48. The Morgan fingerprint density at radius 1 is 0.647 bits per heavy atom. The number of hydrogen-bond acceptors (Lipinski definition) is 0. The monoisotopic (exact) mass is 467 g/mol. The highest BCUT2D eigenvalue weighted by atomic mass is 15.1. The Labute approximate surface area is 212 Å². The highest BCUT2D eigenvalue weighted by molar-refractivity contribution is 5.15. The van der Waals surface area contributed by atoms with Gasteiger partial charge in [0.05, 0.1) is 0 Å². The fraction of sp³-hybridized carbons (Fsp3) is 0.719. The van der Waals surface area contributed by atoms with Crippen LogP contribution in [0.5, 0.6) is 0 Å². The molecule has 2 rings (SSSR count). The number of unbranched alkanes of at least 4 members (excludes halogenated alkanes) is 14. The first-order valence-electron chi connectivity index (χ1n) is 14.9. The van der Waals surface area contributed by atoms with E-state index >= 15 is 0 Å². The molecule has 2 aromatic rings. The molecule has 34 heavy (non-hydrogen) atoms. The van der Waals surface area contributed by atoms with Gasteiger partial charge in [-0.1, -0.05) is 140 Å². The zero-order valence-corrected chi connectivity index (χ0v) is 22.7. The minimum absolute atomic E-state index is 0.608. The summed E-state index contributed by atoms with van der Waals surface area (Å²) >= 11 is 0. The molecular weight excluding hydrogens is 412 g/mol. The quantitative estimate of drug-likeness (QED) is 0.131. The van der Waals surface area contributed by atoms with Crippen LogP contribution in [0, 0.1) is 5.92 Å². The zero-order valence-electron chi connectivity index (χ0n) is 22.7. The Kier molecular flexibility index (Phi) is 16.6. The van der Waals surface area contributed by atoms with Crippen LogP contribution >= 0.6 is 0 Å². The number of benzene rings is 1. The maximum Gasteiger partial charge on any atom is 0.241 e. The summed E-state index contributed by atoms with van der Waals surface area (Å²) in [5.41, 5.74) is 1.50. The van der Waals surface area contributed by atoms with E-state index in [2.05, 4.69) is 72.5 Å². The third kappa shape index (κ3) is 12.8. The SMILES string of the molecule is CCCCCCCCCCCCC(C(CCCCCCCC)Cc1ccccc1)[n+]1cc[nH]c1. The molecule has 0 radical (unpaired) electrons. The maximum absolute atomic E-state index is 3.32. The molecule has 0 saturated carbocycles. The average molecular weight is 468 g/mol. The second-order valence-corrected chi connectivity index (χ2v) is 10.6. The van der Waals surface area contributed by atoms with Crippen molar-refractivity contribution in [2.24, 2.45) is 5.92 Å². The Morgan fingerprint density at radius 3 is 1.71 bits per heavy atom. The summed E-state index contributed by atoms with van der Waals surface area (Å²) in [5, 5.41) is 0. The van der Waals surface area contributed by atoms with Crippen molar-refractivity contribution < 1.29 is 4.57 Å². The number of imidazole rings is 1. The van der Waals surface area contributed by atoms with E-state index < -0.39 is 0 Å². The molecule has 0 spiro atoms. The Balaban J connectivity index is 1.84. The van der Waals surface area contributed by atoms with Crippen LogP contribution in [0.4, 0.5) is 0 Å². The molecule has 1 aromatic heterocycles. The van der Waals surface area contributed by atoms with E-state index in [9.17, 15) is 0 Å². The number of nitrogens with one attached hydrogen (secondary N) is 1. The summed E-state index contributed by atoms with van der Waals surface area (Å²) in [6, 6.07) is 11.8. The third-order valence-corrected chi connectivity index (χ3v) is 7.62. The average Bonchev–Trinajstić information content (AvgIpc) is 3.39. The van der Waals surface area contributed by atoms with Gasteiger partial charge in [0.2, 0.25) is 6.33 Å². The third-order valence-electron chi connectivity index (χ3n) is 7.62. The lowest BCUT2D eigenvalue weighted by Gasteiger charge is -2.25. The van der Waals surface area contributed by atoms with E-state index in [1.54, 1.807) is 0 Å². The molecule has 2 nitrogen and oxygen atoms in total. The molecule has 2 atom stereocenters. The summed E-state index contributed by atoms with van der Waals surface area (Å²) in [6.45, 7) is 4.61. The minimum Gasteiger partial charge on any atom is -0.250 e. The van der Waals surface area contributed by atoms with Crippen molar-refractivity contribution in [3.8, 4) is 0 Å². The second-order valence-electron chi connectivity index (χ2n) is 10.6. The first-order chi connectivity index (χ1) is 16.8. The van der Waals surface area contributed by atoms with E-state index in [-0.39, 0.29) is 0 Å². The van der Waals surface area contributed by atoms with E-state index in [0.29, 0.717) is 12.0 Å². The van der Waals surface area contributed by atoms with Crippen LogP contribution in [0.15, 0.2) is 49.1 Å². The summed E-state index contributed by atoms with van der Waals surface area (Å²) in [6.07, 6.45) is 32.9. The lowest BCUT2D eigenvalue weighted by Crippen LogP contribution is -2.42. The van der Waals surface area contributed by atoms with Crippen molar-refractivity contribution in [1.82, 2.24) is 4.98 Å². The smallest absolute Gasteiger partial charge is 0.241 e. The Morgan fingerprint density at radius 2 is 1.18 bits per heavy atom.